The van der Waals surface area contributed by atoms with E-state index in [1.165, 1.54) is 6.92 Å². The number of phenols is 1. The number of halogens is 3. The Morgan fingerprint density at radius 1 is 1.36 bits per heavy atom. The molecule has 0 aliphatic heterocycles. The normalized spacial score (nSPS) is 11.4. The molecule has 0 aliphatic carbocycles. The van der Waals surface area contributed by atoms with Gasteiger partial charge in [0.25, 0.3) is 5.78 Å². The number of aryl methyl sites for hydroxylation is 1. The lowest BCUT2D eigenvalue weighted by atomic mass is 10.0. The third-order valence-electron chi connectivity index (χ3n) is 1.71. The van der Waals surface area contributed by atoms with Gasteiger partial charge in [-0.25, -0.2) is 0 Å². The Labute approximate surface area is 78.0 Å². The number of phenolic OH excluding ortho intramolecular Hbond substituents is 1. The van der Waals surface area contributed by atoms with Gasteiger partial charge in [0.05, 0.1) is 0 Å². The van der Waals surface area contributed by atoms with Gasteiger partial charge in [-0.15, -0.1) is 0 Å². The van der Waals surface area contributed by atoms with E-state index in [1.807, 2.05) is 0 Å². The van der Waals surface area contributed by atoms with Crippen molar-refractivity contribution in [2.75, 3.05) is 0 Å². The number of carbonyl (C=O) groups is 1. The Morgan fingerprint density at radius 2 is 1.93 bits per heavy atom. The van der Waals surface area contributed by atoms with Crippen LogP contribution in [0.25, 0.3) is 0 Å². The molecule has 0 spiro atoms. The summed E-state index contributed by atoms with van der Waals surface area (Å²) in [6.45, 7) is 1.33. The highest BCUT2D eigenvalue weighted by Crippen LogP contribution is 2.25. The predicted octanol–water partition coefficient (Wildman–Crippen LogP) is 2.45. The fourth-order valence-corrected chi connectivity index (χ4v) is 1.06. The number of rotatable bonds is 1. The molecule has 0 aromatic heterocycles. The quantitative estimate of drug-likeness (QED) is 0.713. The minimum atomic E-state index is -4.87. The van der Waals surface area contributed by atoms with Crippen LogP contribution in [-0.2, 0) is 0 Å². The second kappa shape index (κ2) is 3.32. The van der Waals surface area contributed by atoms with Crippen LogP contribution in [0.2, 0.25) is 0 Å². The average molecular weight is 204 g/mol. The summed E-state index contributed by atoms with van der Waals surface area (Å²) in [5.41, 5.74) is -0.331. The first-order valence-corrected chi connectivity index (χ1v) is 3.73. The highest BCUT2D eigenvalue weighted by atomic mass is 19.4. The van der Waals surface area contributed by atoms with Crippen molar-refractivity contribution in [2.45, 2.75) is 13.1 Å². The van der Waals surface area contributed by atoms with E-state index in [2.05, 4.69) is 0 Å². The monoisotopic (exact) mass is 204 g/mol. The topological polar surface area (TPSA) is 37.3 Å². The highest BCUT2D eigenvalue weighted by molar-refractivity contribution is 6.01. The zero-order valence-corrected chi connectivity index (χ0v) is 7.22. The van der Waals surface area contributed by atoms with Gasteiger partial charge in [-0.1, -0.05) is 0 Å². The molecule has 1 aromatic rings. The van der Waals surface area contributed by atoms with E-state index in [0.717, 1.165) is 18.2 Å². The largest absolute Gasteiger partial charge is 0.508 e. The molecule has 0 heterocycles. The van der Waals surface area contributed by atoms with Crippen molar-refractivity contribution in [1.82, 2.24) is 0 Å². The van der Waals surface area contributed by atoms with E-state index >= 15 is 0 Å². The van der Waals surface area contributed by atoms with Crippen LogP contribution in [0, 0.1) is 6.92 Å². The van der Waals surface area contributed by atoms with E-state index in [9.17, 15) is 18.0 Å². The third kappa shape index (κ3) is 2.04. The van der Waals surface area contributed by atoms with Crippen LogP contribution in [0.1, 0.15) is 15.9 Å². The number of ketones is 1. The molecule has 0 radical (unpaired) electrons. The fourth-order valence-electron chi connectivity index (χ4n) is 1.06. The predicted molar refractivity (Wildman–Crippen MR) is 43.2 cm³/mol. The molecule has 1 rings (SSSR count). The Balaban J connectivity index is 3.15. The van der Waals surface area contributed by atoms with Crippen molar-refractivity contribution in [2.24, 2.45) is 0 Å². The number of carbonyl (C=O) groups excluding carboxylic acids is 1. The maximum absolute atomic E-state index is 12.0. The molecular formula is C9H7F3O2. The van der Waals surface area contributed by atoms with E-state index < -0.39 is 17.5 Å². The van der Waals surface area contributed by atoms with Gasteiger partial charge in [-0.05, 0) is 30.7 Å². The molecular weight excluding hydrogens is 197 g/mol. The third-order valence-corrected chi connectivity index (χ3v) is 1.71. The summed E-state index contributed by atoms with van der Waals surface area (Å²) in [7, 11) is 0. The summed E-state index contributed by atoms with van der Waals surface area (Å²) < 4.78 is 36.0. The highest BCUT2D eigenvalue weighted by Gasteiger charge is 2.39. The Hall–Kier alpha value is -1.52. The summed E-state index contributed by atoms with van der Waals surface area (Å²) in [4.78, 5) is 10.8. The maximum Gasteiger partial charge on any atom is 0.454 e. The molecule has 0 fully saturated rings. The van der Waals surface area contributed by atoms with Crippen molar-refractivity contribution in [3.63, 3.8) is 0 Å². The minimum Gasteiger partial charge on any atom is -0.508 e. The van der Waals surface area contributed by atoms with Crippen molar-refractivity contribution in [1.29, 1.82) is 0 Å². The Kier molecular flexibility index (Phi) is 2.51. The van der Waals surface area contributed by atoms with Crippen LogP contribution >= 0.6 is 0 Å². The molecule has 0 atom stereocenters. The van der Waals surface area contributed by atoms with Crippen molar-refractivity contribution < 1.29 is 23.1 Å². The molecule has 0 unspecified atom stereocenters. The number of benzene rings is 1. The summed E-state index contributed by atoms with van der Waals surface area (Å²) >= 11 is 0. The molecule has 0 aliphatic rings. The zero-order chi connectivity index (χ0) is 10.9. The van der Waals surface area contributed by atoms with Crippen molar-refractivity contribution >= 4 is 5.78 Å². The molecule has 5 heteroatoms. The van der Waals surface area contributed by atoms with E-state index in [1.54, 1.807) is 0 Å². The Morgan fingerprint density at radius 3 is 2.36 bits per heavy atom. The van der Waals surface area contributed by atoms with Gasteiger partial charge in [0.15, 0.2) is 0 Å². The van der Waals surface area contributed by atoms with E-state index in [4.69, 9.17) is 5.11 Å². The van der Waals surface area contributed by atoms with E-state index in [0.29, 0.717) is 0 Å². The van der Waals surface area contributed by atoms with Crippen LogP contribution in [0.5, 0.6) is 5.75 Å². The molecule has 1 N–H and O–H groups in total. The number of Topliss-reactive ketones (excluding diaryl/α,β-unsaturated/α-hetero) is 1. The Bertz CT molecular complexity index is 369. The maximum atomic E-state index is 12.0. The van der Waals surface area contributed by atoms with Gasteiger partial charge < -0.3 is 5.11 Å². The fraction of sp³-hybridized carbons (Fsp3) is 0.222. The van der Waals surface area contributed by atoms with Gasteiger partial charge in [0.2, 0.25) is 0 Å². The number of hydrogen-bond donors (Lipinski definition) is 1. The summed E-state index contributed by atoms with van der Waals surface area (Å²) in [6, 6.07) is 3.12. The smallest absolute Gasteiger partial charge is 0.454 e. The van der Waals surface area contributed by atoms with E-state index in [-0.39, 0.29) is 11.3 Å². The summed E-state index contributed by atoms with van der Waals surface area (Å²) in [5, 5.41) is 8.93. The van der Waals surface area contributed by atoms with Gasteiger partial charge in [-0.3, -0.25) is 4.79 Å². The molecule has 2 nitrogen and oxygen atoms in total. The van der Waals surface area contributed by atoms with Crippen LogP contribution in [0.3, 0.4) is 0 Å². The molecule has 0 saturated heterocycles. The summed E-state index contributed by atoms with van der Waals surface area (Å²) in [5.74, 6) is -2.06. The van der Waals surface area contributed by atoms with Gasteiger partial charge in [-0.2, -0.15) is 13.2 Å². The van der Waals surface area contributed by atoms with Crippen molar-refractivity contribution in [3.05, 3.63) is 29.3 Å². The van der Waals surface area contributed by atoms with Crippen LogP contribution in [-0.4, -0.2) is 17.1 Å². The first-order valence-electron chi connectivity index (χ1n) is 3.73. The second-order valence-corrected chi connectivity index (χ2v) is 2.83. The standard InChI is InChI=1S/C9H7F3O2/c1-5-4-6(13)2-3-7(5)8(14)9(10,11)12/h2-4,13H,1H3. The molecule has 14 heavy (non-hydrogen) atoms. The van der Waals surface area contributed by atoms with Crippen LogP contribution < -0.4 is 0 Å². The first kappa shape index (κ1) is 10.6. The molecule has 0 amide bonds. The molecule has 0 saturated carbocycles. The lowest BCUT2D eigenvalue weighted by Crippen LogP contribution is -2.23. The molecule has 0 bridgehead atoms. The minimum absolute atomic E-state index is 0.104. The SMILES string of the molecule is Cc1cc(O)ccc1C(=O)C(F)(F)F. The molecule has 1 aromatic carbocycles. The number of alkyl halides is 3. The lowest BCUT2D eigenvalue weighted by molar-refractivity contribution is -0.0885. The van der Waals surface area contributed by atoms with Crippen LogP contribution in [0.15, 0.2) is 18.2 Å². The lowest BCUT2D eigenvalue weighted by Gasteiger charge is -2.07. The van der Waals surface area contributed by atoms with Crippen LogP contribution in [0.4, 0.5) is 13.2 Å². The average Bonchev–Trinajstić information content (AvgIpc) is 2.01. The van der Waals surface area contributed by atoms with Gasteiger partial charge >= 0.3 is 6.18 Å². The second-order valence-electron chi connectivity index (χ2n) is 2.83. The van der Waals surface area contributed by atoms with Crippen molar-refractivity contribution in [3.8, 4) is 5.75 Å². The van der Waals surface area contributed by atoms with Gasteiger partial charge in [0.1, 0.15) is 5.75 Å². The summed E-state index contributed by atoms with van der Waals surface area (Å²) in [6.07, 6.45) is -4.87. The first-order chi connectivity index (χ1) is 6.32. The van der Waals surface area contributed by atoms with Gasteiger partial charge in [0, 0.05) is 5.56 Å². The number of hydrogen-bond acceptors (Lipinski definition) is 2. The zero-order valence-electron chi connectivity index (χ0n) is 7.22. The molecule has 76 valence electrons. The number of aromatic hydroxyl groups is 1.